The molecule has 0 aliphatic heterocycles. The van der Waals surface area contributed by atoms with Crippen molar-refractivity contribution in [1.29, 1.82) is 0 Å². The third-order valence-electron chi connectivity index (χ3n) is 4.00. The molecule has 0 saturated carbocycles. The van der Waals surface area contributed by atoms with E-state index in [9.17, 15) is 4.79 Å². The Morgan fingerprint density at radius 3 is 2.69 bits per heavy atom. The molecule has 0 atom stereocenters. The van der Waals surface area contributed by atoms with Crippen LogP contribution in [-0.2, 0) is 4.79 Å². The number of anilines is 3. The lowest BCUT2D eigenvalue weighted by molar-refractivity contribution is -0.107. The molecule has 4 rings (SSSR count). The molecule has 0 aliphatic rings. The lowest BCUT2D eigenvalue weighted by atomic mass is 10.3. The van der Waals surface area contributed by atoms with Gasteiger partial charge in [-0.3, -0.25) is 4.79 Å². The first-order chi connectivity index (χ1) is 14.0. The first kappa shape index (κ1) is 19.4. The first-order valence-corrected chi connectivity index (χ1v) is 10.0. The van der Waals surface area contributed by atoms with Crippen LogP contribution in [0.3, 0.4) is 0 Å². The molecule has 2 aromatic carbocycles. The zero-order valence-corrected chi connectivity index (χ0v) is 17.4. The molecule has 0 saturated heterocycles. The van der Waals surface area contributed by atoms with E-state index in [0.717, 1.165) is 21.0 Å². The lowest BCUT2D eigenvalue weighted by Gasteiger charge is -2.11. The van der Waals surface area contributed by atoms with Crippen LogP contribution in [0, 0.1) is 0 Å². The maximum Gasteiger partial charge on any atom is 0.215 e. The van der Waals surface area contributed by atoms with Crippen LogP contribution < -0.4 is 15.0 Å². The fourth-order valence-corrected chi connectivity index (χ4v) is 3.73. The summed E-state index contributed by atoms with van der Waals surface area (Å²) in [5.74, 6) is 1.71. The third kappa shape index (κ3) is 4.42. The van der Waals surface area contributed by atoms with Crippen molar-refractivity contribution in [1.82, 2.24) is 9.97 Å². The minimum Gasteiger partial charge on any atom is -0.457 e. The summed E-state index contributed by atoms with van der Waals surface area (Å²) in [7, 11) is 1.63. The summed E-state index contributed by atoms with van der Waals surface area (Å²) in [5, 5.41) is 4.94. The number of pyridine rings is 1. The Bertz CT molecular complexity index is 1200. The normalized spacial score (nSPS) is 10.7. The van der Waals surface area contributed by atoms with E-state index < -0.39 is 0 Å². The van der Waals surface area contributed by atoms with E-state index >= 15 is 0 Å². The molecule has 29 heavy (non-hydrogen) atoms. The van der Waals surface area contributed by atoms with Crippen LogP contribution in [0.25, 0.3) is 10.2 Å². The number of carbonyl (C=O) groups is 1. The van der Waals surface area contributed by atoms with Crippen molar-refractivity contribution >= 4 is 67.8 Å². The van der Waals surface area contributed by atoms with Gasteiger partial charge in [-0.25, -0.2) is 9.97 Å². The maximum atomic E-state index is 10.9. The van der Waals surface area contributed by atoms with Crippen molar-refractivity contribution in [2.75, 3.05) is 17.3 Å². The van der Waals surface area contributed by atoms with Crippen molar-refractivity contribution in [3.05, 3.63) is 64.8 Å². The molecule has 0 bridgehead atoms. The minimum atomic E-state index is 0.477. The fraction of sp³-hybridized carbons (Fsp3) is 0.0500. The van der Waals surface area contributed by atoms with Gasteiger partial charge in [0.2, 0.25) is 6.41 Å². The van der Waals surface area contributed by atoms with Gasteiger partial charge >= 0.3 is 0 Å². The Hall–Kier alpha value is -2.87. The van der Waals surface area contributed by atoms with Crippen molar-refractivity contribution in [3.8, 4) is 11.5 Å². The van der Waals surface area contributed by atoms with Gasteiger partial charge in [-0.2, -0.15) is 0 Å². The van der Waals surface area contributed by atoms with Crippen molar-refractivity contribution in [2.45, 2.75) is 0 Å². The topological polar surface area (TPSA) is 67.3 Å². The third-order valence-corrected chi connectivity index (χ3v) is 5.69. The van der Waals surface area contributed by atoms with Gasteiger partial charge in [0.25, 0.3) is 0 Å². The van der Waals surface area contributed by atoms with Gasteiger partial charge in [-0.15, -0.1) is 0 Å². The molecule has 1 amide bonds. The molecular weight excluding hydrogens is 431 g/mol. The number of aromatic nitrogens is 2. The zero-order chi connectivity index (χ0) is 20.4. The molecule has 4 aromatic rings. The van der Waals surface area contributed by atoms with E-state index in [4.69, 9.17) is 27.9 Å². The number of nitrogens with zero attached hydrogens (tertiary/aromatic N) is 3. The Morgan fingerprint density at radius 1 is 1.07 bits per heavy atom. The average molecular weight is 445 g/mol. The largest absolute Gasteiger partial charge is 0.457 e. The van der Waals surface area contributed by atoms with E-state index in [1.165, 1.54) is 16.2 Å². The number of carbonyl (C=O) groups excluding carboxylic acids is 1. The first-order valence-electron chi connectivity index (χ1n) is 8.46. The molecule has 0 unspecified atom stereocenters. The monoisotopic (exact) mass is 444 g/mol. The number of fused-ring (bicyclic) bond motifs is 1. The quantitative estimate of drug-likeness (QED) is 0.362. The summed E-state index contributed by atoms with van der Waals surface area (Å²) < 4.78 is 6.92. The SMILES string of the molecule is CN(C=O)c1cc(Oc2ccc3sc(Nc4ccc(Cl)c(Cl)c4)nc3c2)ccn1. The van der Waals surface area contributed by atoms with Crippen molar-refractivity contribution < 1.29 is 9.53 Å². The zero-order valence-electron chi connectivity index (χ0n) is 15.1. The molecule has 146 valence electrons. The number of rotatable bonds is 6. The van der Waals surface area contributed by atoms with Crippen LogP contribution in [0.4, 0.5) is 16.6 Å². The van der Waals surface area contributed by atoms with Crippen LogP contribution in [-0.4, -0.2) is 23.4 Å². The molecule has 0 radical (unpaired) electrons. The standard InChI is InChI=1S/C20H14Cl2N4O2S/c1-26(11-27)19-10-14(6-7-23-19)28-13-3-5-18-17(9-13)25-20(29-18)24-12-2-4-15(21)16(22)8-12/h2-11H,1H3,(H,24,25). The number of halogens is 2. The predicted molar refractivity (Wildman–Crippen MR) is 118 cm³/mol. The van der Waals surface area contributed by atoms with E-state index in [0.29, 0.717) is 33.8 Å². The van der Waals surface area contributed by atoms with Gasteiger partial charge < -0.3 is 15.0 Å². The summed E-state index contributed by atoms with van der Waals surface area (Å²) in [6.45, 7) is 0. The molecule has 1 N–H and O–H groups in total. The Balaban J connectivity index is 1.55. The molecule has 2 heterocycles. The number of ether oxygens (including phenoxy) is 1. The average Bonchev–Trinajstić information content (AvgIpc) is 3.12. The molecular formula is C20H14Cl2N4O2S. The minimum absolute atomic E-state index is 0.477. The fourth-order valence-electron chi connectivity index (χ4n) is 2.57. The molecule has 0 aliphatic carbocycles. The van der Waals surface area contributed by atoms with Crippen molar-refractivity contribution in [2.24, 2.45) is 0 Å². The molecule has 2 aromatic heterocycles. The van der Waals surface area contributed by atoms with Gasteiger partial charge in [0.15, 0.2) is 5.13 Å². The molecule has 0 spiro atoms. The number of benzene rings is 2. The maximum absolute atomic E-state index is 10.9. The summed E-state index contributed by atoms with van der Waals surface area (Å²) in [5.41, 5.74) is 1.60. The van der Waals surface area contributed by atoms with Crippen LogP contribution in [0.5, 0.6) is 11.5 Å². The van der Waals surface area contributed by atoms with Crippen molar-refractivity contribution in [3.63, 3.8) is 0 Å². The highest BCUT2D eigenvalue weighted by atomic mass is 35.5. The Labute approximate surface area is 180 Å². The molecule has 6 nitrogen and oxygen atoms in total. The second-order valence-electron chi connectivity index (χ2n) is 6.07. The smallest absolute Gasteiger partial charge is 0.215 e. The molecule has 0 fully saturated rings. The Kier molecular flexibility index (Phi) is 5.53. The van der Waals surface area contributed by atoms with Crippen LogP contribution in [0.2, 0.25) is 10.0 Å². The van der Waals surface area contributed by atoms with Gasteiger partial charge in [0.05, 0.1) is 20.3 Å². The van der Waals surface area contributed by atoms with Crippen LogP contribution >= 0.6 is 34.5 Å². The molecule has 9 heteroatoms. The van der Waals surface area contributed by atoms with Gasteiger partial charge in [-0.05, 0) is 36.4 Å². The number of hydrogen-bond donors (Lipinski definition) is 1. The highest BCUT2D eigenvalue weighted by Crippen LogP contribution is 2.33. The summed E-state index contributed by atoms with van der Waals surface area (Å²) >= 11 is 13.5. The second-order valence-corrected chi connectivity index (χ2v) is 7.92. The van der Waals surface area contributed by atoms with Crippen LogP contribution in [0.15, 0.2) is 54.7 Å². The number of thiazole rings is 1. The van der Waals surface area contributed by atoms with Crippen LogP contribution in [0.1, 0.15) is 0 Å². The highest BCUT2D eigenvalue weighted by Gasteiger charge is 2.09. The van der Waals surface area contributed by atoms with Gasteiger partial charge in [0, 0.05) is 31.1 Å². The lowest BCUT2D eigenvalue weighted by Crippen LogP contribution is -2.14. The van der Waals surface area contributed by atoms with E-state index in [2.05, 4.69) is 15.3 Å². The summed E-state index contributed by atoms with van der Waals surface area (Å²) in [6, 6.07) is 14.4. The van der Waals surface area contributed by atoms with E-state index in [1.807, 2.05) is 24.3 Å². The number of amides is 1. The van der Waals surface area contributed by atoms with Gasteiger partial charge in [0.1, 0.15) is 17.3 Å². The number of nitrogens with one attached hydrogen (secondary N) is 1. The summed E-state index contributed by atoms with van der Waals surface area (Å²) in [4.78, 5) is 21.0. The number of hydrogen-bond acceptors (Lipinski definition) is 6. The predicted octanol–water partition coefficient (Wildman–Crippen LogP) is 6.13. The second kappa shape index (κ2) is 8.24. The summed E-state index contributed by atoms with van der Waals surface area (Å²) in [6.07, 6.45) is 2.28. The van der Waals surface area contributed by atoms with E-state index in [-0.39, 0.29) is 0 Å². The van der Waals surface area contributed by atoms with Gasteiger partial charge in [-0.1, -0.05) is 34.5 Å². The highest BCUT2D eigenvalue weighted by molar-refractivity contribution is 7.22. The van der Waals surface area contributed by atoms with E-state index in [1.54, 1.807) is 37.5 Å². The Morgan fingerprint density at radius 2 is 1.90 bits per heavy atom.